The molecule has 0 aromatic heterocycles. The van der Waals surface area contributed by atoms with Crippen LogP contribution < -0.4 is 11.1 Å². The lowest BCUT2D eigenvalue weighted by molar-refractivity contribution is -0.145. The molecule has 1 aliphatic rings. The highest BCUT2D eigenvalue weighted by Crippen LogP contribution is 2.37. The Balaban J connectivity index is 0.00000342. The highest BCUT2D eigenvalue weighted by Gasteiger charge is 2.26. The van der Waals surface area contributed by atoms with Gasteiger partial charge in [0.15, 0.2) is 0 Å². The molecule has 1 atom stereocenters. The number of benzene rings is 2. The fourth-order valence-corrected chi connectivity index (χ4v) is 4.87. The first-order valence-electron chi connectivity index (χ1n) is 12.0. The summed E-state index contributed by atoms with van der Waals surface area (Å²) < 4.78 is 5.13. The minimum atomic E-state index is -0.931. The van der Waals surface area contributed by atoms with Gasteiger partial charge in [0.1, 0.15) is 11.8 Å². The monoisotopic (exact) mass is 593 g/mol. The second-order valence-corrected chi connectivity index (χ2v) is 9.58. The molecule has 0 unspecified atom stereocenters. The Morgan fingerprint density at radius 2 is 1.84 bits per heavy atom. The van der Waals surface area contributed by atoms with E-state index in [9.17, 15) is 14.7 Å². The van der Waals surface area contributed by atoms with E-state index in [-0.39, 0.29) is 60.2 Å². The number of nitrogens with one attached hydrogen (secondary N) is 1. The van der Waals surface area contributed by atoms with E-state index >= 15 is 0 Å². The molecule has 11 heteroatoms. The average molecular weight is 595 g/mol. The Hall–Kier alpha value is -1.74. The van der Waals surface area contributed by atoms with E-state index in [0.29, 0.717) is 17.0 Å². The lowest BCUT2D eigenvalue weighted by atomic mass is 10.0. The van der Waals surface area contributed by atoms with Gasteiger partial charge in [0.25, 0.3) is 5.91 Å². The first kappa shape index (κ1) is 33.3. The molecule has 1 fully saturated rings. The maximum absolute atomic E-state index is 13.0. The van der Waals surface area contributed by atoms with Gasteiger partial charge in [-0.3, -0.25) is 4.79 Å². The van der Waals surface area contributed by atoms with Crippen LogP contribution in [0.4, 0.5) is 0 Å². The molecule has 1 aliphatic heterocycles. The lowest BCUT2D eigenvalue weighted by Gasteiger charge is -2.30. The van der Waals surface area contributed by atoms with Gasteiger partial charge in [-0.25, -0.2) is 4.79 Å². The molecular formula is C26H35Cl4N3O4. The van der Waals surface area contributed by atoms with E-state index < -0.39 is 17.9 Å². The second kappa shape index (κ2) is 16.3. The third kappa shape index (κ3) is 9.50. The number of esters is 1. The van der Waals surface area contributed by atoms with E-state index in [0.717, 1.165) is 44.5 Å². The number of hydrogen-bond donors (Lipinski definition) is 3. The Kier molecular flexibility index (Phi) is 14.6. The van der Waals surface area contributed by atoms with E-state index in [2.05, 4.69) is 10.2 Å². The summed E-state index contributed by atoms with van der Waals surface area (Å²) in [4.78, 5) is 27.9. The summed E-state index contributed by atoms with van der Waals surface area (Å²) in [5.41, 5.74) is 7.33. The molecule has 0 saturated carbocycles. The van der Waals surface area contributed by atoms with E-state index in [4.69, 9.17) is 33.7 Å². The summed E-state index contributed by atoms with van der Waals surface area (Å²) in [7, 11) is 0. The highest BCUT2D eigenvalue weighted by atomic mass is 35.5. The first-order valence-corrected chi connectivity index (χ1v) is 12.7. The summed E-state index contributed by atoms with van der Waals surface area (Å²) in [6.45, 7) is 4.70. The zero-order chi connectivity index (χ0) is 25.4. The number of phenolic OH excluding ortho intramolecular Hbond substituents is 1. The Morgan fingerprint density at radius 3 is 2.46 bits per heavy atom. The molecule has 2 aromatic rings. The largest absolute Gasteiger partial charge is 0.506 e. The van der Waals surface area contributed by atoms with Gasteiger partial charge in [0, 0.05) is 17.5 Å². The molecule has 206 valence electrons. The van der Waals surface area contributed by atoms with Crippen LogP contribution in [-0.2, 0) is 22.4 Å². The predicted molar refractivity (Wildman–Crippen MR) is 153 cm³/mol. The number of nitrogens with two attached hydrogens (primary N) is 1. The van der Waals surface area contributed by atoms with Crippen molar-refractivity contribution in [2.24, 2.45) is 5.73 Å². The number of halogens is 4. The molecule has 0 radical (unpaired) electrons. The smallest absolute Gasteiger partial charge is 0.328 e. The standard InChI is InChI=1S/C26H33Cl2N3O4.2ClH/c1-2-35-26(34)22(15-17-7-4-3-5-8-17)30-25(33)20-16-21(27)19(23(28)24(20)32)9-6-12-31-13-10-18(29)11-14-31;;/h3-5,7-8,16,18,22,32H,2,6,9-15,29H2,1H3,(H,30,33);2*1H/t22-;;/m1../s1. The van der Waals surface area contributed by atoms with E-state index in [1.165, 1.54) is 6.07 Å². The summed E-state index contributed by atoms with van der Waals surface area (Å²) in [5, 5.41) is 13.7. The molecule has 0 aliphatic carbocycles. The maximum Gasteiger partial charge on any atom is 0.328 e. The van der Waals surface area contributed by atoms with Gasteiger partial charge >= 0.3 is 5.97 Å². The molecule has 0 spiro atoms. The van der Waals surface area contributed by atoms with Crippen molar-refractivity contribution in [3.8, 4) is 5.75 Å². The van der Waals surface area contributed by atoms with Gasteiger partial charge < -0.3 is 25.8 Å². The van der Waals surface area contributed by atoms with Crippen LogP contribution in [0.1, 0.15) is 47.7 Å². The van der Waals surface area contributed by atoms with Crippen molar-refractivity contribution < 1.29 is 19.4 Å². The van der Waals surface area contributed by atoms with Crippen molar-refractivity contribution in [3.63, 3.8) is 0 Å². The van der Waals surface area contributed by atoms with E-state index in [1.54, 1.807) is 6.92 Å². The van der Waals surface area contributed by atoms with Crippen LogP contribution in [0.3, 0.4) is 0 Å². The molecule has 2 aromatic carbocycles. The third-order valence-electron chi connectivity index (χ3n) is 6.22. The first-order chi connectivity index (χ1) is 16.8. The number of carbonyl (C=O) groups is 2. The maximum atomic E-state index is 13.0. The Labute approximate surface area is 240 Å². The van der Waals surface area contributed by atoms with Crippen LogP contribution in [0, 0.1) is 0 Å². The number of phenols is 1. The number of piperidine rings is 1. The van der Waals surface area contributed by atoms with Gasteiger partial charge in [0.2, 0.25) is 0 Å². The number of nitrogens with zero attached hydrogens (tertiary/aromatic N) is 1. The molecule has 1 amide bonds. The predicted octanol–water partition coefficient (Wildman–Crippen LogP) is 4.80. The average Bonchev–Trinajstić information content (AvgIpc) is 2.85. The number of aromatic hydroxyl groups is 1. The van der Waals surface area contributed by atoms with Crippen molar-refractivity contribution in [2.75, 3.05) is 26.2 Å². The molecule has 37 heavy (non-hydrogen) atoms. The molecule has 0 bridgehead atoms. The van der Waals surface area contributed by atoms with Crippen LogP contribution in [0.25, 0.3) is 0 Å². The topological polar surface area (TPSA) is 105 Å². The highest BCUT2D eigenvalue weighted by molar-refractivity contribution is 6.37. The third-order valence-corrected chi connectivity index (χ3v) is 6.97. The molecule has 7 nitrogen and oxygen atoms in total. The van der Waals surface area contributed by atoms with Crippen LogP contribution in [0.5, 0.6) is 5.75 Å². The fourth-order valence-electron chi connectivity index (χ4n) is 4.23. The summed E-state index contributed by atoms with van der Waals surface area (Å²) in [6.07, 6.45) is 3.59. The molecule has 1 saturated heterocycles. The number of likely N-dealkylation sites (tertiary alicyclic amines) is 1. The number of amides is 1. The normalized spacial score (nSPS) is 14.7. The van der Waals surface area contributed by atoms with Crippen LogP contribution in [0.2, 0.25) is 10.0 Å². The van der Waals surface area contributed by atoms with Gasteiger partial charge in [-0.05, 0) is 69.4 Å². The van der Waals surface area contributed by atoms with Crippen molar-refractivity contribution in [2.45, 2.75) is 51.1 Å². The van der Waals surface area contributed by atoms with Crippen molar-refractivity contribution >= 4 is 59.9 Å². The quantitative estimate of drug-likeness (QED) is 0.341. The zero-order valence-corrected chi connectivity index (χ0v) is 23.9. The van der Waals surface area contributed by atoms with Gasteiger partial charge in [-0.1, -0.05) is 53.5 Å². The van der Waals surface area contributed by atoms with E-state index in [1.807, 2.05) is 30.3 Å². The van der Waals surface area contributed by atoms with Gasteiger partial charge in [0.05, 0.1) is 17.2 Å². The van der Waals surface area contributed by atoms with Crippen molar-refractivity contribution in [3.05, 3.63) is 63.1 Å². The number of ether oxygens (including phenoxy) is 1. The van der Waals surface area contributed by atoms with Crippen molar-refractivity contribution in [1.82, 2.24) is 10.2 Å². The van der Waals surface area contributed by atoms with Crippen LogP contribution >= 0.6 is 48.0 Å². The Bertz CT molecular complexity index is 1020. The number of hydrogen-bond acceptors (Lipinski definition) is 6. The summed E-state index contributed by atoms with van der Waals surface area (Å²) >= 11 is 12.9. The zero-order valence-electron chi connectivity index (χ0n) is 20.8. The lowest BCUT2D eigenvalue weighted by Crippen LogP contribution is -2.43. The fraction of sp³-hybridized carbons (Fsp3) is 0.462. The number of rotatable bonds is 10. The molecular weight excluding hydrogens is 560 g/mol. The SMILES string of the molecule is CCOC(=O)[C@@H](Cc1ccccc1)NC(=O)c1cc(Cl)c(CCCN2CCC(N)CC2)c(Cl)c1O.Cl.Cl. The van der Waals surface area contributed by atoms with Crippen molar-refractivity contribution in [1.29, 1.82) is 0 Å². The number of carbonyl (C=O) groups excluding carboxylic acids is 2. The minimum Gasteiger partial charge on any atom is -0.506 e. The molecule has 4 N–H and O–H groups in total. The van der Waals surface area contributed by atoms with Gasteiger partial charge in [-0.15, -0.1) is 24.8 Å². The summed E-state index contributed by atoms with van der Waals surface area (Å²) in [6, 6.07) is 10.0. The summed E-state index contributed by atoms with van der Waals surface area (Å²) in [5.74, 6) is -1.57. The Morgan fingerprint density at radius 1 is 1.19 bits per heavy atom. The van der Waals surface area contributed by atoms with Crippen LogP contribution in [0.15, 0.2) is 36.4 Å². The van der Waals surface area contributed by atoms with Gasteiger partial charge in [-0.2, -0.15) is 0 Å². The molecule has 1 heterocycles. The second-order valence-electron chi connectivity index (χ2n) is 8.80. The van der Waals surface area contributed by atoms with Crippen LogP contribution in [-0.4, -0.2) is 60.2 Å². The molecule has 3 rings (SSSR count). The minimum absolute atomic E-state index is 0.